The number of anilines is 1. The standard InChI is InChI=1S/C22H23F3N4O3/c1-13-7-18(27-12-21(32,22(23,24)25)11-26-15-5-6-15)17-10-28-29(19(17)8-13)16-4-2-3-14(9-16)20(30)31/h2-4,7-10,15,26-27,32H,5-6,11-12H2,1H3,(H,30,31). The highest BCUT2D eigenvalue weighted by molar-refractivity contribution is 5.93. The van der Waals surface area contributed by atoms with Gasteiger partial charge in [0.15, 0.2) is 5.60 Å². The highest BCUT2D eigenvalue weighted by Gasteiger charge is 2.53. The summed E-state index contributed by atoms with van der Waals surface area (Å²) in [7, 11) is 0. The van der Waals surface area contributed by atoms with Crippen molar-refractivity contribution in [1.29, 1.82) is 0 Å². The first-order valence-electron chi connectivity index (χ1n) is 10.2. The van der Waals surface area contributed by atoms with Crippen LogP contribution in [0.25, 0.3) is 16.6 Å². The molecule has 10 heteroatoms. The Morgan fingerprint density at radius 1 is 1.22 bits per heavy atom. The summed E-state index contributed by atoms with van der Waals surface area (Å²) >= 11 is 0. The second-order valence-corrected chi connectivity index (χ2v) is 8.20. The molecular formula is C22H23F3N4O3. The van der Waals surface area contributed by atoms with Gasteiger partial charge in [0.25, 0.3) is 0 Å². The Morgan fingerprint density at radius 3 is 2.62 bits per heavy atom. The maximum atomic E-state index is 13.6. The van der Waals surface area contributed by atoms with E-state index in [0.29, 0.717) is 22.3 Å². The molecule has 1 aliphatic rings. The van der Waals surface area contributed by atoms with Crippen LogP contribution >= 0.6 is 0 Å². The number of benzene rings is 2. The number of hydrogen-bond acceptors (Lipinski definition) is 5. The van der Waals surface area contributed by atoms with Crippen LogP contribution in [0, 0.1) is 6.92 Å². The van der Waals surface area contributed by atoms with Gasteiger partial charge in [0.1, 0.15) is 0 Å². The molecule has 0 saturated heterocycles. The molecule has 0 spiro atoms. The van der Waals surface area contributed by atoms with Crippen molar-refractivity contribution in [2.75, 3.05) is 18.4 Å². The quantitative estimate of drug-likeness (QED) is 0.421. The molecule has 4 N–H and O–H groups in total. The van der Waals surface area contributed by atoms with Crippen LogP contribution in [0.4, 0.5) is 18.9 Å². The van der Waals surface area contributed by atoms with Crippen molar-refractivity contribution in [3.8, 4) is 5.69 Å². The number of halogens is 3. The predicted molar refractivity (Wildman–Crippen MR) is 113 cm³/mol. The molecule has 170 valence electrons. The molecule has 32 heavy (non-hydrogen) atoms. The molecule has 7 nitrogen and oxygen atoms in total. The summed E-state index contributed by atoms with van der Waals surface area (Å²) in [5.74, 6) is -1.08. The molecule has 1 unspecified atom stereocenters. The molecule has 1 aliphatic carbocycles. The van der Waals surface area contributed by atoms with Crippen LogP contribution in [0.5, 0.6) is 0 Å². The van der Waals surface area contributed by atoms with Gasteiger partial charge in [-0.25, -0.2) is 9.48 Å². The number of carbonyl (C=O) groups is 1. The second-order valence-electron chi connectivity index (χ2n) is 8.20. The molecule has 1 fully saturated rings. The van der Waals surface area contributed by atoms with Crippen LogP contribution in [-0.4, -0.2) is 56.9 Å². The third kappa shape index (κ3) is 4.42. The summed E-state index contributed by atoms with van der Waals surface area (Å²) in [5.41, 5.74) is -0.566. The Bertz CT molecular complexity index is 1160. The van der Waals surface area contributed by atoms with Gasteiger partial charge >= 0.3 is 12.1 Å². The van der Waals surface area contributed by atoms with Crippen molar-refractivity contribution in [2.45, 2.75) is 37.6 Å². The smallest absolute Gasteiger partial charge is 0.420 e. The van der Waals surface area contributed by atoms with Gasteiger partial charge in [-0.1, -0.05) is 6.07 Å². The SMILES string of the molecule is Cc1cc(NCC(O)(CNC2CC2)C(F)(F)F)c2cnn(-c3cccc(C(=O)O)c3)c2c1. The minimum absolute atomic E-state index is 0.0225. The molecule has 0 bridgehead atoms. The van der Waals surface area contributed by atoms with E-state index in [9.17, 15) is 28.2 Å². The van der Waals surface area contributed by atoms with Gasteiger partial charge in [-0.05, 0) is 55.7 Å². The monoisotopic (exact) mass is 448 g/mol. The highest BCUT2D eigenvalue weighted by Crippen LogP contribution is 2.33. The Labute approximate surface area is 181 Å². The van der Waals surface area contributed by atoms with E-state index in [1.54, 1.807) is 25.1 Å². The predicted octanol–water partition coefficient (Wildman–Crippen LogP) is 3.49. The van der Waals surface area contributed by atoms with Crippen LogP contribution in [0.1, 0.15) is 28.8 Å². The largest absolute Gasteiger partial charge is 0.478 e. The zero-order chi connectivity index (χ0) is 23.1. The third-order valence-electron chi connectivity index (χ3n) is 5.53. The molecule has 2 aromatic carbocycles. The minimum atomic E-state index is -4.81. The van der Waals surface area contributed by atoms with Crippen molar-refractivity contribution in [2.24, 2.45) is 0 Å². The zero-order valence-corrected chi connectivity index (χ0v) is 17.3. The number of hydrogen-bond donors (Lipinski definition) is 4. The van der Waals surface area contributed by atoms with Crippen molar-refractivity contribution in [1.82, 2.24) is 15.1 Å². The van der Waals surface area contributed by atoms with Crippen molar-refractivity contribution in [3.05, 3.63) is 53.7 Å². The topological polar surface area (TPSA) is 99.4 Å². The molecule has 1 atom stereocenters. The fourth-order valence-electron chi connectivity index (χ4n) is 3.49. The lowest BCUT2D eigenvalue weighted by Crippen LogP contribution is -2.57. The summed E-state index contributed by atoms with van der Waals surface area (Å²) < 4.78 is 42.3. The van der Waals surface area contributed by atoms with Crippen LogP contribution in [0.2, 0.25) is 0 Å². The van der Waals surface area contributed by atoms with Crippen molar-refractivity contribution >= 4 is 22.6 Å². The number of aryl methyl sites for hydroxylation is 1. The normalized spacial score (nSPS) is 16.2. The molecule has 1 heterocycles. The molecule has 1 saturated carbocycles. The first kappa shape index (κ1) is 22.1. The van der Waals surface area contributed by atoms with Crippen LogP contribution in [0.15, 0.2) is 42.6 Å². The summed E-state index contributed by atoms with van der Waals surface area (Å²) in [4.78, 5) is 11.3. The van der Waals surface area contributed by atoms with Crippen LogP contribution < -0.4 is 10.6 Å². The number of rotatable bonds is 8. The summed E-state index contributed by atoms with van der Waals surface area (Å²) in [5, 5.41) is 30.0. The van der Waals surface area contributed by atoms with Gasteiger partial charge in [-0.2, -0.15) is 18.3 Å². The number of carboxylic acids is 1. The van der Waals surface area contributed by atoms with E-state index in [2.05, 4.69) is 15.7 Å². The number of carboxylic acid groups (broad SMARTS) is 1. The van der Waals surface area contributed by atoms with E-state index in [-0.39, 0.29) is 11.6 Å². The van der Waals surface area contributed by atoms with Gasteiger partial charge in [-0.15, -0.1) is 0 Å². The number of fused-ring (bicyclic) bond motifs is 1. The molecule has 0 radical (unpaired) electrons. The fourth-order valence-corrected chi connectivity index (χ4v) is 3.49. The lowest BCUT2D eigenvalue weighted by atomic mass is 10.0. The van der Waals surface area contributed by atoms with Crippen LogP contribution in [-0.2, 0) is 0 Å². The Kier molecular flexibility index (Phi) is 5.59. The lowest BCUT2D eigenvalue weighted by Gasteiger charge is -2.31. The Balaban J connectivity index is 1.65. The number of aromatic carboxylic acids is 1. The highest BCUT2D eigenvalue weighted by atomic mass is 19.4. The van der Waals surface area contributed by atoms with Gasteiger partial charge in [-0.3, -0.25) is 0 Å². The van der Waals surface area contributed by atoms with Crippen LogP contribution in [0.3, 0.4) is 0 Å². The number of aliphatic hydroxyl groups is 1. The molecule has 0 aliphatic heterocycles. The van der Waals surface area contributed by atoms with E-state index in [1.165, 1.54) is 23.0 Å². The lowest BCUT2D eigenvalue weighted by molar-refractivity contribution is -0.252. The molecule has 4 rings (SSSR count). The van der Waals surface area contributed by atoms with Gasteiger partial charge in [0.2, 0.25) is 0 Å². The molecular weight excluding hydrogens is 425 g/mol. The second kappa shape index (κ2) is 8.10. The van der Waals surface area contributed by atoms with E-state index < -0.39 is 30.8 Å². The van der Waals surface area contributed by atoms with Crippen molar-refractivity contribution < 1.29 is 28.2 Å². The summed E-state index contributed by atoms with van der Waals surface area (Å²) in [6.07, 6.45) is -1.70. The average Bonchev–Trinajstić information content (AvgIpc) is 3.47. The number of aromatic nitrogens is 2. The molecule has 3 aromatic rings. The maximum Gasteiger partial charge on any atom is 0.420 e. The molecule has 1 aromatic heterocycles. The van der Waals surface area contributed by atoms with E-state index in [4.69, 9.17) is 0 Å². The first-order chi connectivity index (χ1) is 15.1. The van der Waals surface area contributed by atoms with E-state index >= 15 is 0 Å². The van der Waals surface area contributed by atoms with Gasteiger partial charge in [0, 0.05) is 23.7 Å². The fraction of sp³-hybridized carbons (Fsp3) is 0.364. The Hall–Kier alpha value is -3.11. The molecule has 0 amide bonds. The van der Waals surface area contributed by atoms with E-state index in [0.717, 1.165) is 18.4 Å². The summed E-state index contributed by atoms with van der Waals surface area (Å²) in [6.45, 7) is 0.471. The van der Waals surface area contributed by atoms with E-state index in [1.807, 2.05) is 6.07 Å². The number of nitrogens with zero attached hydrogens (tertiary/aromatic N) is 2. The number of nitrogens with one attached hydrogen (secondary N) is 2. The Morgan fingerprint density at radius 2 is 1.97 bits per heavy atom. The van der Waals surface area contributed by atoms with Gasteiger partial charge in [0.05, 0.1) is 29.5 Å². The third-order valence-corrected chi connectivity index (χ3v) is 5.53. The zero-order valence-electron chi connectivity index (χ0n) is 17.3. The summed E-state index contributed by atoms with van der Waals surface area (Å²) in [6, 6.07) is 9.74. The number of alkyl halides is 3. The maximum absolute atomic E-state index is 13.6. The average molecular weight is 448 g/mol. The van der Waals surface area contributed by atoms with Gasteiger partial charge < -0.3 is 20.8 Å². The first-order valence-corrected chi connectivity index (χ1v) is 10.2. The van der Waals surface area contributed by atoms with Crippen molar-refractivity contribution in [3.63, 3.8) is 0 Å². The minimum Gasteiger partial charge on any atom is -0.478 e.